The number of nitrogens with one attached hydrogen (secondary N) is 1. The number of benzene rings is 3. The van der Waals surface area contributed by atoms with E-state index in [0.717, 1.165) is 16.8 Å². The largest absolute Gasteiger partial charge is 0.367 e. The molecule has 0 spiro atoms. The summed E-state index contributed by atoms with van der Waals surface area (Å²) in [5.41, 5.74) is 3.49. The molecular formula is C28H26ClN3O2. The molecule has 2 amide bonds. The van der Waals surface area contributed by atoms with E-state index in [0.29, 0.717) is 36.9 Å². The summed E-state index contributed by atoms with van der Waals surface area (Å²) < 4.78 is 0. The molecule has 1 saturated heterocycles. The number of hydrogen-bond acceptors (Lipinski definition) is 3. The lowest BCUT2D eigenvalue weighted by Gasteiger charge is -2.36. The molecule has 0 aliphatic carbocycles. The minimum absolute atomic E-state index is 0.0104. The van der Waals surface area contributed by atoms with E-state index in [1.54, 1.807) is 18.2 Å². The second-order valence-corrected chi connectivity index (χ2v) is 8.36. The van der Waals surface area contributed by atoms with Crippen LogP contribution in [0.15, 0.2) is 91.0 Å². The van der Waals surface area contributed by atoms with Crippen molar-refractivity contribution in [3.05, 3.63) is 107 Å². The molecule has 6 heteroatoms. The Labute approximate surface area is 205 Å². The van der Waals surface area contributed by atoms with Crippen molar-refractivity contribution in [2.45, 2.75) is 0 Å². The van der Waals surface area contributed by atoms with Gasteiger partial charge in [0.2, 0.25) is 11.8 Å². The van der Waals surface area contributed by atoms with Gasteiger partial charge >= 0.3 is 0 Å². The molecule has 0 atom stereocenters. The Kier molecular flexibility index (Phi) is 7.79. The van der Waals surface area contributed by atoms with Gasteiger partial charge in [-0.05, 0) is 41.5 Å². The average Bonchev–Trinajstić information content (AvgIpc) is 2.87. The molecule has 172 valence electrons. The van der Waals surface area contributed by atoms with Crippen molar-refractivity contribution in [3.8, 4) is 0 Å². The van der Waals surface area contributed by atoms with Crippen LogP contribution in [0.5, 0.6) is 0 Å². The first-order chi connectivity index (χ1) is 16.6. The third-order valence-electron chi connectivity index (χ3n) is 5.59. The lowest BCUT2D eigenvalue weighted by molar-refractivity contribution is -0.126. The first kappa shape index (κ1) is 23.3. The SMILES string of the molecule is O=C(/C=C/c1ccccc1)Nc1ccc(N2CCN(C(=O)/C=C/c3ccccc3)CC2)c(Cl)c1. The van der Waals surface area contributed by atoms with Gasteiger partial charge in [-0.15, -0.1) is 0 Å². The van der Waals surface area contributed by atoms with E-state index in [-0.39, 0.29) is 11.8 Å². The molecule has 1 aliphatic rings. The molecule has 34 heavy (non-hydrogen) atoms. The molecule has 3 aromatic carbocycles. The van der Waals surface area contributed by atoms with Crippen LogP contribution in [0.4, 0.5) is 11.4 Å². The van der Waals surface area contributed by atoms with Crippen LogP contribution in [0.2, 0.25) is 5.02 Å². The van der Waals surface area contributed by atoms with E-state index >= 15 is 0 Å². The highest BCUT2D eigenvalue weighted by Crippen LogP contribution is 2.29. The topological polar surface area (TPSA) is 52.7 Å². The van der Waals surface area contributed by atoms with Crippen molar-refractivity contribution in [3.63, 3.8) is 0 Å². The third-order valence-corrected chi connectivity index (χ3v) is 5.89. The van der Waals surface area contributed by atoms with Crippen LogP contribution in [0.3, 0.4) is 0 Å². The van der Waals surface area contributed by atoms with Gasteiger partial charge in [-0.25, -0.2) is 0 Å². The molecule has 0 aromatic heterocycles. The summed E-state index contributed by atoms with van der Waals surface area (Å²) in [6, 6.07) is 24.9. The summed E-state index contributed by atoms with van der Waals surface area (Å²) in [6.07, 6.45) is 6.73. The van der Waals surface area contributed by atoms with Crippen molar-refractivity contribution < 1.29 is 9.59 Å². The van der Waals surface area contributed by atoms with Crippen molar-refractivity contribution >= 4 is 46.9 Å². The normalized spacial score (nSPS) is 14.0. The van der Waals surface area contributed by atoms with E-state index in [2.05, 4.69) is 10.2 Å². The van der Waals surface area contributed by atoms with E-state index in [9.17, 15) is 9.59 Å². The van der Waals surface area contributed by atoms with E-state index in [1.807, 2.05) is 83.8 Å². The Morgan fingerprint density at radius 3 is 1.94 bits per heavy atom. The predicted molar refractivity (Wildman–Crippen MR) is 140 cm³/mol. The summed E-state index contributed by atoms with van der Waals surface area (Å²) in [4.78, 5) is 28.8. The second-order valence-electron chi connectivity index (χ2n) is 7.96. The maximum absolute atomic E-state index is 12.5. The highest BCUT2D eigenvalue weighted by atomic mass is 35.5. The number of carbonyl (C=O) groups excluding carboxylic acids is 2. The molecule has 1 N–H and O–H groups in total. The third kappa shape index (κ3) is 6.36. The quantitative estimate of drug-likeness (QED) is 0.493. The molecule has 0 radical (unpaired) electrons. The number of rotatable bonds is 6. The molecule has 1 fully saturated rings. The van der Waals surface area contributed by atoms with E-state index in [4.69, 9.17) is 11.6 Å². The molecule has 5 nitrogen and oxygen atoms in total. The maximum atomic E-state index is 12.5. The lowest BCUT2D eigenvalue weighted by Crippen LogP contribution is -2.48. The van der Waals surface area contributed by atoms with Gasteiger partial charge in [0.25, 0.3) is 0 Å². The summed E-state index contributed by atoms with van der Waals surface area (Å²) in [6.45, 7) is 2.63. The fourth-order valence-electron chi connectivity index (χ4n) is 3.77. The van der Waals surface area contributed by atoms with Gasteiger partial charge in [0.05, 0.1) is 10.7 Å². The van der Waals surface area contributed by atoms with Gasteiger partial charge in [-0.2, -0.15) is 0 Å². The number of anilines is 2. The van der Waals surface area contributed by atoms with Gasteiger partial charge in [0.1, 0.15) is 0 Å². The van der Waals surface area contributed by atoms with Crippen LogP contribution in [0.25, 0.3) is 12.2 Å². The molecule has 4 rings (SSSR count). The van der Waals surface area contributed by atoms with Gasteiger partial charge in [0.15, 0.2) is 0 Å². The maximum Gasteiger partial charge on any atom is 0.248 e. The summed E-state index contributed by atoms with van der Waals surface area (Å²) in [7, 11) is 0. The number of amides is 2. The summed E-state index contributed by atoms with van der Waals surface area (Å²) >= 11 is 6.53. The number of hydrogen-bond donors (Lipinski definition) is 1. The van der Waals surface area contributed by atoms with Crippen LogP contribution < -0.4 is 10.2 Å². The zero-order valence-electron chi connectivity index (χ0n) is 18.7. The number of halogens is 1. The van der Waals surface area contributed by atoms with Gasteiger partial charge in [-0.1, -0.05) is 72.3 Å². The van der Waals surface area contributed by atoms with Gasteiger partial charge < -0.3 is 15.1 Å². The van der Waals surface area contributed by atoms with Crippen molar-refractivity contribution in [1.82, 2.24) is 4.90 Å². The molecule has 0 saturated carbocycles. The van der Waals surface area contributed by atoms with Crippen LogP contribution >= 0.6 is 11.6 Å². The van der Waals surface area contributed by atoms with Crippen molar-refractivity contribution in [2.24, 2.45) is 0 Å². The van der Waals surface area contributed by atoms with Crippen LogP contribution in [0, 0.1) is 0 Å². The van der Waals surface area contributed by atoms with Crippen molar-refractivity contribution in [1.29, 1.82) is 0 Å². The monoisotopic (exact) mass is 471 g/mol. The minimum atomic E-state index is -0.219. The Hall–Kier alpha value is -3.83. The zero-order chi connectivity index (χ0) is 23.8. The molecule has 1 aliphatic heterocycles. The molecule has 0 bridgehead atoms. The van der Waals surface area contributed by atoms with Crippen LogP contribution in [-0.2, 0) is 9.59 Å². The zero-order valence-corrected chi connectivity index (χ0v) is 19.5. The summed E-state index contributed by atoms with van der Waals surface area (Å²) in [5, 5.41) is 3.41. The number of nitrogens with zero attached hydrogens (tertiary/aromatic N) is 2. The van der Waals surface area contributed by atoms with Crippen LogP contribution in [-0.4, -0.2) is 42.9 Å². The fraction of sp³-hybridized carbons (Fsp3) is 0.143. The molecule has 0 unspecified atom stereocenters. The van der Waals surface area contributed by atoms with Gasteiger partial charge in [0, 0.05) is 44.0 Å². The smallest absolute Gasteiger partial charge is 0.248 e. The van der Waals surface area contributed by atoms with E-state index < -0.39 is 0 Å². The highest BCUT2D eigenvalue weighted by Gasteiger charge is 2.21. The molecule has 1 heterocycles. The van der Waals surface area contributed by atoms with Gasteiger partial charge in [-0.3, -0.25) is 9.59 Å². The second kappa shape index (κ2) is 11.3. The number of carbonyl (C=O) groups is 2. The first-order valence-electron chi connectivity index (χ1n) is 11.2. The molecular weight excluding hydrogens is 446 g/mol. The standard InChI is InChI=1S/C28H26ClN3O2/c29-25-21-24(30-27(33)15-11-22-7-3-1-4-8-22)13-14-26(25)31-17-19-32(20-18-31)28(34)16-12-23-9-5-2-6-10-23/h1-16,21H,17-20H2,(H,30,33)/b15-11+,16-12+. The minimum Gasteiger partial charge on any atom is -0.367 e. The Morgan fingerprint density at radius 1 is 0.765 bits per heavy atom. The van der Waals surface area contributed by atoms with Crippen molar-refractivity contribution in [2.75, 3.05) is 36.4 Å². The predicted octanol–water partition coefficient (Wildman–Crippen LogP) is 5.35. The molecule has 3 aromatic rings. The first-order valence-corrected chi connectivity index (χ1v) is 11.6. The Morgan fingerprint density at radius 2 is 1.35 bits per heavy atom. The number of piperazine rings is 1. The Balaban J connectivity index is 1.30. The van der Waals surface area contributed by atoms with Crippen LogP contribution in [0.1, 0.15) is 11.1 Å². The van der Waals surface area contributed by atoms with E-state index in [1.165, 1.54) is 6.08 Å². The average molecular weight is 472 g/mol. The highest BCUT2D eigenvalue weighted by molar-refractivity contribution is 6.33. The Bertz CT molecular complexity index is 1180. The summed E-state index contributed by atoms with van der Waals surface area (Å²) in [5.74, 6) is -0.209. The lowest BCUT2D eigenvalue weighted by atomic mass is 10.2. The fourth-order valence-corrected chi connectivity index (χ4v) is 4.07.